The molecule has 1 aromatic rings. The minimum absolute atomic E-state index is 0.0727. The third kappa shape index (κ3) is 4.20. The van der Waals surface area contributed by atoms with Crippen molar-refractivity contribution in [3.63, 3.8) is 0 Å². The first-order chi connectivity index (χ1) is 12.9. The van der Waals surface area contributed by atoms with Gasteiger partial charge in [-0.1, -0.05) is 0 Å². The summed E-state index contributed by atoms with van der Waals surface area (Å²) in [6.45, 7) is -1.02. The number of carbonyl (C=O) groups excluding carboxylic acids is 3. The number of amides is 4. The van der Waals surface area contributed by atoms with Crippen molar-refractivity contribution in [2.75, 3.05) is 18.4 Å². The van der Waals surface area contributed by atoms with Crippen LogP contribution in [-0.2, 0) is 21.9 Å². The maximum Gasteiger partial charge on any atom is 0.416 e. The van der Waals surface area contributed by atoms with Gasteiger partial charge in [0.25, 0.3) is 5.91 Å². The van der Waals surface area contributed by atoms with Crippen LogP contribution in [0, 0.1) is 0 Å². The van der Waals surface area contributed by atoms with Crippen molar-refractivity contribution in [3.05, 3.63) is 29.3 Å². The van der Waals surface area contributed by atoms with E-state index < -0.39 is 53.6 Å². The monoisotopic (exact) mass is 409 g/mol. The number of hydrogen-bond acceptors (Lipinski definition) is 3. The van der Waals surface area contributed by atoms with Crippen LogP contribution in [-0.4, -0.2) is 46.8 Å². The Balaban J connectivity index is 1.76. The lowest BCUT2D eigenvalue weighted by atomic mass is 10.1. The number of nitrogens with one attached hydrogen (secondary N) is 1. The molecule has 28 heavy (non-hydrogen) atoms. The molecule has 12 heteroatoms. The summed E-state index contributed by atoms with van der Waals surface area (Å²) in [5.74, 6) is -1.75. The van der Waals surface area contributed by atoms with E-state index in [1.54, 1.807) is 0 Å². The second-order valence-corrected chi connectivity index (χ2v) is 6.46. The van der Waals surface area contributed by atoms with Gasteiger partial charge in [-0.05, 0) is 31.0 Å². The lowest BCUT2D eigenvalue weighted by molar-refractivity contribution is -0.143. The summed E-state index contributed by atoms with van der Waals surface area (Å²) in [5.41, 5.74) is -3.93. The molecule has 1 heterocycles. The second-order valence-electron chi connectivity index (χ2n) is 6.46. The smallest absolute Gasteiger partial charge is 0.325 e. The van der Waals surface area contributed by atoms with Crippen molar-refractivity contribution in [2.45, 2.75) is 31.2 Å². The normalized spacial score (nSPS) is 18.1. The average molecular weight is 409 g/mol. The first-order valence-corrected chi connectivity index (χ1v) is 8.06. The molecule has 6 nitrogen and oxygen atoms in total. The molecule has 0 unspecified atom stereocenters. The van der Waals surface area contributed by atoms with Gasteiger partial charge in [-0.15, -0.1) is 0 Å². The van der Waals surface area contributed by atoms with E-state index >= 15 is 0 Å². The van der Waals surface area contributed by atoms with Crippen molar-refractivity contribution in [1.82, 2.24) is 9.80 Å². The molecule has 2 aliphatic rings. The number of imide groups is 1. The van der Waals surface area contributed by atoms with Crippen molar-refractivity contribution in [3.8, 4) is 0 Å². The summed E-state index contributed by atoms with van der Waals surface area (Å²) >= 11 is 0. The van der Waals surface area contributed by atoms with Gasteiger partial charge in [0, 0.05) is 11.7 Å². The summed E-state index contributed by atoms with van der Waals surface area (Å²) in [7, 11) is 0. The predicted octanol–water partition coefficient (Wildman–Crippen LogP) is 3.09. The maximum absolute atomic E-state index is 12.8. The lowest BCUT2D eigenvalue weighted by Crippen LogP contribution is -2.39. The Bertz CT molecular complexity index is 800. The summed E-state index contributed by atoms with van der Waals surface area (Å²) in [6.07, 6.45) is -8.67. The van der Waals surface area contributed by atoms with Crippen LogP contribution in [0.1, 0.15) is 24.0 Å². The Morgan fingerprint density at radius 3 is 2.00 bits per heavy atom. The zero-order chi connectivity index (χ0) is 20.9. The fourth-order valence-corrected chi connectivity index (χ4v) is 2.76. The number of benzene rings is 1. The number of hydrogen-bond donors (Lipinski definition) is 1. The van der Waals surface area contributed by atoms with E-state index in [-0.39, 0.29) is 18.7 Å². The molecule has 1 saturated heterocycles. The van der Waals surface area contributed by atoms with Gasteiger partial charge in [0.15, 0.2) is 0 Å². The highest BCUT2D eigenvalue weighted by atomic mass is 19.4. The molecule has 1 N–H and O–H groups in total. The molecule has 4 amide bonds. The van der Waals surface area contributed by atoms with Crippen LogP contribution in [0.15, 0.2) is 18.2 Å². The fraction of sp³-hybridized carbons (Fsp3) is 0.438. The molecule has 0 aromatic heterocycles. The number of alkyl halides is 6. The Morgan fingerprint density at radius 2 is 1.54 bits per heavy atom. The standard InChI is InChI=1S/C16H13F6N3O3/c17-15(18,19)8-3-9(16(20,21)22)5-10(4-8)23-12(26)6-25-13(27)7-24(14(25)28)11-1-2-11/h3-5,11H,1-2,6-7H2,(H,23,26). The quantitative estimate of drug-likeness (QED) is 0.614. The maximum atomic E-state index is 12.8. The summed E-state index contributed by atoms with van der Waals surface area (Å²) < 4.78 is 77.1. The molecule has 0 bridgehead atoms. The summed E-state index contributed by atoms with van der Waals surface area (Å²) in [5, 5.41) is 1.89. The Kier molecular flexibility index (Phi) is 4.76. The van der Waals surface area contributed by atoms with Gasteiger partial charge >= 0.3 is 18.4 Å². The SMILES string of the molecule is O=C(CN1C(=O)CN(C2CC2)C1=O)Nc1cc(C(F)(F)F)cc(C(F)(F)F)c1. The van der Waals surface area contributed by atoms with E-state index in [2.05, 4.69) is 0 Å². The van der Waals surface area contributed by atoms with Crippen LogP contribution in [0.3, 0.4) is 0 Å². The molecule has 1 aliphatic carbocycles. The Hall–Kier alpha value is -2.79. The lowest BCUT2D eigenvalue weighted by Gasteiger charge is -2.17. The number of rotatable bonds is 4. The molecule has 0 radical (unpaired) electrons. The van der Waals surface area contributed by atoms with Crippen LogP contribution in [0.2, 0.25) is 0 Å². The molecular formula is C16H13F6N3O3. The van der Waals surface area contributed by atoms with Gasteiger partial charge in [-0.25, -0.2) is 4.79 Å². The zero-order valence-electron chi connectivity index (χ0n) is 14.0. The molecular weight excluding hydrogens is 396 g/mol. The zero-order valence-corrected chi connectivity index (χ0v) is 14.0. The van der Waals surface area contributed by atoms with Crippen molar-refractivity contribution >= 4 is 23.5 Å². The number of urea groups is 1. The van der Waals surface area contributed by atoms with Crippen LogP contribution in [0.25, 0.3) is 0 Å². The highest BCUT2D eigenvalue weighted by Crippen LogP contribution is 2.37. The predicted molar refractivity (Wildman–Crippen MR) is 81.9 cm³/mol. The van der Waals surface area contributed by atoms with Crippen molar-refractivity contribution < 1.29 is 40.7 Å². The summed E-state index contributed by atoms with van der Waals surface area (Å²) in [6, 6.07) is -0.171. The number of nitrogens with zero attached hydrogens (tertiary/aromatic N) is 2. The van der Waals surface area contributed by atoms with E-state index in [1.165, 1.54) is 4.90 Å². The topological polar surface area (TPSA) is 69.7 Å². The van der Waals surface area contributed by atoms with Crippen LogP contribution < -0.4 is 5.32 Å². The van der Waals surface area contributed by atoms with E-state index in [1.807, 2.05) is 5.32 Å². The van der Waals surface area contributed by atoms with Gasteiger partial charge in [0.2, 0.25) is 5.91 Å². The van der Waals surface area contributed by atoms with Crippen LogP contribution >= 0.6 is 0 Å². The van der Waals surface area contributed by atoms with E-state index in [0.29, 0.717) is 17.0 Å². The third-order valence-corrected chi connectivity index (χ3v) is 4.24. The minimum atomic E-state index is -5.06. The third-order valence-electron chi connectivity index (χ3n) is 4.24. The van der Waals surface area contributed by atoms with Gasteiger partial charge in [0.05, 0.1) is 11.1 Å². The van der Waals surface area contributed by atoms with Gasteiger partial charge < -0.3 is 10.2 Å². The van der Waals surface area contributed by atoms with Gasteiger partial charge in [-0.3, -0.25) is 14.5 Å². The van der Waals surface area contributed by atoms with Crippen LogP contribution in [0.4, 0.5) is 36.8 Å². The first kappa shape index (κ1) is 20.0. The molecule has 2 fully saturated rings. The molecule has 152 valence electrons. The van der Waals surface area contributed by atoms with Gasteiger partial charge in [-0.2, -0.15) is 26.3 Å². The van der Waals surface area contributed by atoms with E-state index in [0.717, 1.165) is 12.8 Å². The molecule has 1 aromatic carbocycles. The highest BCUT2D eigenvalue weighted by Gasteiger charge is 2.44. The molecule has 3 rings (SSSR count). The van der Waals surface area contributed by atoms with Crippen molar-refractivity contribution in [2.24, 2.45) is 0 Å². The second kappa shape index (κ2) is 6.67. The highest BCUT2D eigenvalue weighted by molar-refractivity contribution is 6.06. The van der Waals surface area contributed by atoms with Crippen molar-refractivity contribution in [1.29, 1.82) is 0 Å². The van der Waals surface area contributed by atoms with Gasteiger partial charge in [0.1, 0.15) is 13.1 Å². The number of anilines is 1. The largest absolute Gasteiger partial charge is 0.416 e. The summed E-state index contributed by atoms with van der Waals surface area (Å²) in [4.78, 5) is 37.9. The average Bonchev–Trinajstić information content (AvgIpc) is 3.35. The number of carbonyl (C=O) groups is 3. The Labute approximate surface area is 154 Å². The first-order valence-electron chi connectivity index (χ1n) is 8.06. The minimum Gasteiger partial charge on any atom is -0.325 e. The van der Waals surface area contributed by atoms with E-state index in [4.69, 9.17) is 0 Å². The Morgan fingerprint density at radius 1 is 1.00 bits per heavy atom. The fourth-order valence-electron chi connectivity index (χ4n) is 2.76. The molecule has 0 spiro atoms. The van der Waals surface area contributed by atoms with E-state index in [9.17, 15) is 40.7 Å². The van der Waals surface area contributed by atoms with Crippen LogP contribution in [0.5, 0.6) is 0 Å². The molecule has 1 saturated carbocycles. The molecule has 0 atom stereocenters. The molecule has 1 aliphatic heterocycles. The number of halogens is 6.